The van der Waals surface area contributed by atoms with E-state index in [2.05, 4.69) is 26.1 Å². The van der Waals surface area contributed by atoms with Crippen LogP contribution >= 0.6 is 11.8 Å². The summed E-state index contributed by atoms with van der Waals surface area (Å²) in [6.45, 7) is 12.2. The third kappa shape index (κ3) is 3.94. The molecule has 0 spiro atoms. The van der Waals surface area contributed by atoms with Crippen LogP contribution in [0.1, 0.15) is 50.5 Å². The minimum Gasteiger partial charge on any atom is -0.352 e. The molecule has 1 fully saturated rings. The minimum absolute atomic E-state index is 0.0208. The maximum absolute atomic E-state index is 13.3. The van der Waals surface area contributed by atoms with E-state index in [1.165, 1.54) is 0 Å². The zero-order valence-corrected chi connectivity index (χ0v) is 16.2. The summed E-state index contributed by atoms with van der Waals surface area (Å²) in [5.41, 5.74) is 1.52. The lowest BCUT2D eigenvalue weighted by atomic mass is 9.94. The van der Waals surface area contributed by atoms with Crippen molar-refractivity contribution >= 4 is 23.6 Å². The number of hydrogen-bond acceptors (Lipinski definition) is 3. The fraction of sp³-hybridized carbons (Fsp3) is 0.579. The van der Waals surface area contributed by atoms with Crippen molar-refractivity contribution in [1.82, 2.24) is 10.2 Å². The first-order chi connectivity index (χ1) is 11.1. The summed E-state index contributed by atoms with van der Waals surface area (Å²) in [5, 5.41) is 2.94. The van der Waals surface area contributed by atoms with Crippen LogP contribution in [0.2, 0.25) is 0 Å². The number of aryl methyl sites for hydroxylation is 1. The predicted octanol–water partition coefficient (Wildman–Crippen LogP) is 3.45. The molecule has 1 aromatic carbocycles. The summed E-state index contributed by atoms with van der Waals surface area (Å²) in [4.78, 5) is 27.7. The molecule has 0 bridgehead atoms. The highest BCUT2D eigenvalue weighted by Crippen LogP contribution is 2.41. The number of carbonyl (C=O) groups excluding carboxylic acids is 2. The number of thioether (sulfide) groups is 1. The summed E-state index contributed by atoms with van der Waals surface area (Å²) >= 11 is 1.69. The maximum Gasteiger partial charge on any atom is 0.255 e. The van der Waals surface area contributed by atoms with Gasteiger partial charge in [-0.3, -0.25) is 9.59 Å². The Balaban J connectivity index is 2.38. The smallest absolute Gasteiger partial charge is 0.255 e. The van der Waals surface area contributed by atoms with Gasteiger partial charge in [0.05, 0.1) is 5.37 Å². The Bertz CT molecular complexity index is 622. The molecule has 1 N–H and O–H groups in total. The third-order valence-corrected chi connectivity index (χ3v) is 5.84. The largest absolute Gasteiger partial charge is 0.352 e. The summed E-state index contributed by atoms with van der Waals surface area (Å²) in [5.74, 6) is 0.520. The molecule has 1 saturated heterocycles. The molecule has 0 aliphatic carbocycles. The fourth-order valence-corrected chi connectivity index (χ4v) is 4.54. The summed E-state index contributed by atoms with van der Waals surface area (Å²) in [6, 6.07) is 7.22. The quantitative estimate of drug-likeness (QED) is 0.910. The van der Waals surface area contributed by atoms with Gasteiger partial charge < -0.3 is 10.2 Å². The van der Waals surface area contributed by atoms with Gasteiger partial charge in [0.1, 0.15) is 6.04 Å². The first-order valence-electron chi connectivity index (χ1n) is 8.43. The second kappa shape index (κ2) is 7.18. The average molecular weight is 349 g/mol. The molecule has 4 nitrogen and oxygen atoms in total. The molecule has 1 heterocycles. The second-order valence-corrected chi connectivity index (χ2v) is 8.87. The Morgan fingerprint density at radius 2 is 1.88 bits per heavy atom. The maximum atomic E-state index is 13.3. The van der Waals surface area contributed by atoms with Gasteiger partial charge in [-0.15, -0.1) is 11.8 Å². The van der Waals surface area contributed by atoms with Gasteiger partial charge in [0.2, 0.25) is 5.91 Å². The normalized spacial score (nSPS) is 21.2. The highest BCUT2D eigenvalue weighted by molar-refractivity contribution is 8.00. The van der Waals surface area contributed by atoms with Crippen molar-refractivity contribution in [2.24, 2.45) is 5.41 Å². The van der Waals surface area contributed by atoms with Crippen LogP contribution in [-0.4, -0.2) is 39.9 Å². The number of nitrogens with zero attached hydrogens (tertiary/aromatic N) is 1. The van der Waals surface area contributed by atoms with Gasteiger partial charge in [0, 0.05) is 17.4 Å². The molecular formula is C19H28N2O2S. The van der Waals surface area contributed by atoms with Gasteiger partial charge in [-0.05, 0) is 37.8 Å². The molecule has 132 valence electrons. The van der Waals surface area contributed by atoms with E-state index < -0.39 is 6.04 Å². The van der Waals surface area contributed by atoms with Crippen LogP contribution in [0.15, 0.2) is 24.3 Å². The predicted molar refractivity (Wildman–Crippen MR) is 100 cm³/mol. The SMILES string of the molecule is Cc1ccccc1C(=O)N1[C@H](C(C)(C)C)SC[C@H]1C(=O)NC(C)C. The lowest BCUT2D eigenvalue weighted by Gasteiger charge is -2.37. The van der Waals surface area contributed by atoms with Crippen LogP contribution in [0.5, 0.6) is 0 Å². The van der Waals surface area contributed by atoms with E-state index in [0.717, 1.165) is 5.56 Å². The lowest BCUT2D eigenvalue weighted by molar-refractivity contribution is -0.125. The molecule has 1 aromatic rings. The molecule has 24 heavy (non-hydrogen) atoms. The molecule has 0 saturated carbocycles. The molecule has 1 aliphatic rings. The Hall–Kier alpha value is -1.49. The van der Waals surface area contributed by atoms with Crippen molar-refractivity contribution in [2.75, 3.05) is 5.75 Å². The van der Waals surface area contributed by atoms with Gasteiger partial charge in [-0.2, -0.15) is 0 Å². The molecular weight excluding hydrogens is 320 g/mol. The van der Waals surface area contributed by atoms with Crippen LogP contribution in [-0.2, 0) is 4.79 Å². The van der Waals surface area contributed by atoms with Gasteiger partial charge >= 0.3 is 0 Å². The van der Waals surface area contributed by atoms with Gasteiger partial charge in [-0.1, -0.05) is 39.0 Å². The van der Waals surface area contributed by atoms with Crippen LogP contribution < -0.4 is 5.32 Å². The molecule has 1 aliphatic heterocycles. The number of nitrogens with one attached hydrogen (secondary N) is 1. The Morgan fingerprint density at radius 1 is 1.25 bits per heavy atom. The number of benzene rings is 1. The number of amides is 2. The van der Waals surface area contributed by atoms with Crippen molar-refractivity contribution in [3.8, 4) is 0 Å². The van der Waals surface area contributed by atoms with Crippen molar-refractivity contribution in [1.29, 1.82) is 0 Å². The van der Waals surface area contributed by atoms with Crippen molar-refractivity contribution in [3.05, 3.63) is 35.4 Å². The van der Waals surface area contributed by atoms with Crippen LogP contribution in [0.4, 0.5) is 0 Å². The summed E-state index contributed by atoms with van der Waals surface area (Å²) < 4.78 is 0. The van der Waals surface area contributed by atoms with Crippen LogP contribution in [0.25, 0.3) is 0 Å². The minimum atomic E-state index is -0.422. The topological polar surface area (TPSA) is 49.4 Å². The zero-order valence-electron chi connectivity index (χ0n) is 15.4. The zero-order chi connectivity index (χ0) is 18.1. The van der Waals surface area contributed by atoms with Crippen molar-refractivity contribution in [2.45, 2.75) is 59.0 Å². The Morgan fingerprint density at radius 3 is 2.42 bits per heavy atom. The highest BCUT2D eigenvalue weighted by Gasteiger charge is 2.46. The van der Waals surface area contributed by atoms with Gasteiger partial charge in [-0.25, -0.2) is 0 Å². The first-order valence-corrected chi connectivity index (χ1v) is 9.48. The number of carbonyl (C=O) groups is 2. The van der Waals surface area contributed by atoms with Crippen LogP contribution in [0, 0.1) is 12.3 Å². The lowest BCUT2D eigenvalue weighted by Crippen LogP contribution is -2.53. The average Bonchev–Trinajstić information content (AvgIpc) is 2.91. The summed E-state index contributed by atoms with van der Waals surface area (Å²) in [7, 11) is 0. The Kier molecular flexibility index (Phi) is 5.63. The van der Waals surface area contributed by atoms with Gasteiger partial charge in [0.25, 0.3) is 5.91 Å². The van der Waals surface area contributed by atoms with E-state index >= 15 is 0 Å². The highest BCUT2D eigenvalue weighted by atomic mass is 32.2. The van der Waals surface area contributed by atoms with E-state index in [1.54, 1.807) is 16.7 Å². The molecule has 2 atom stereocenters. The number of hydrogen-bond donors (Lipinski definition) is 1. The Labute approximate surface area is 149 Å². The third-order valence-electron chi connectivity index (χ3n) is 4.08. The van der Waals surface area contributed by atoms with Crippen LogP contribution in [0.3, 0.4) is 0 Å². The first kappa shape index (κ1) is 18.8. The molecule has 5 heteroatoms. The van der Waals surface area contributed by atoms with Crippen molar-refractivity contribution in [3.63, 3.8) is 0 Å². The standard InChI is InChI=1S/C19H28N2O2S/c1-12(2)20-16(22)15-11-24-18(19(4,5)6)21(15)17(23)14-10-8-7-9-13(14)3/h7-10,12,15,18H,11H2,1-6H3,(H,20,22)/t15-,18-/m0/s1. The molecule has 0 aromatic heterocycles. The molecule has 2 amide bonds. The number of rotatable bonds is 3. The second-order valence-electron chi connectivity index (χ2n) is 7.76. The fourth-order valence-electron chi connectivity index (χ4n) is 2.96. The van der Waals surface area contributed by atoms with E-state index in [1.807, 2.05) is 45.0 Å². The van der Waals surface area contributed by atoms with Crippen molar-refractivity contribution < 1.29 is 9.59 Å². The monoisotopic (exact) mass is 348 g/mol. The van der Waals surface area contributed by atoms with E-state index in [-0.39, 0.29) is 28.6 Å². The molecule has 0 radical (unpaired) electrons. The summed E-state index contributed by atoms with van der Waals surface area (Å²) in [6.07, 6.45) is 0. The van der Waals surface area contributed by atoms with E-state index in [4.69, 9.17) is 0 Å². The molecule has 0 unspecified atom stereocenters. The molecule has 2 rings (SSSR count). The van der Waals surface area contributed by atoms with E-state index in [9.17, 15) is 9.59 Å². The van der Waals surface area contributed by atoms with E-state index in [0.29, 0.717) is 11.3 Å². The van der Waals surface area contributed by atoms with Gasteiger partial charge in [0.15, 0.2) is 0 Å².